The molecule has 1 aliphatic heterocycles. The van der Waals surface area contributed by atoms with Crippen LogP contribution < -0.4 is 14.8 Å². The molecular formula is C21H17FN2O3. The zero-order valence-corrected chi connectivity index (χ0v) is 14.4. The first-order valence-electron chi connectivity index (χ1n) is 8.57. The Kier molecular flexibility index (Phi) is 4.70. The molecule has 0 spiro atoms. The molecule has 1 amide bonds. The van der Waals surface area contributed by atoms with Crippen molar-refractivity contribution in [3.63, 3.8) is 0 Å². The molecule has 1 unspecified atom stereocenters. The average molecular weight is 364 g/mol. The SMILES string of the molecule is O=C(NCc1ccnc(Oc2ccc(F)cc2)c1)C1COc2ccccc21. The Labute approximate surface area is 155 Å². The minimum absolute atomic E-state index is 0.0854. The highest BCUT2D eigenvalue weighted by atomic mass is 19.1. The predicted octanol–water partition coefficient (Wildman–Crippen LogP) is 3.81. The number of pyridine rings is 1. The molecule has 1 N–H and O–H groups in total. The van der Waals surface area contributed by atoms with Crippen LogP contribution in [-0.2, 0) is 11.3 Å². The van der Waals surface area contributed by atoms with Gasteiger partial charge in [0.15, 0.2) is 0 Å². The van der Waals surface area contributed by atoms with Gasteiger partial charge in [-0.2, -0.15) is 0 Å². The number of carbonyl (C=O) groups excluding carboxylic acids is 1. The van der Waals surface area contributed by atoms with E-state index in [0.29, 0.717) is 24.8 Å². The predicted molar refractivity (Wildman–Crippen MR) is 97.2 cm³/mol. The molecule has 3 aromatic rings. The zero-order chi connectivity index (χ0) is 18.6. The number of hydrogen-bond acceptors (Lipinski definition) is 4. The van der Waals surface area contributed by atoms with E-state index < -0.39 is 0 Å². The van der Waals surface area contributed by atoms with Gasteiger partial charge in [-0.3, -0.25) is 4.79 Å². The molecule has 2 heterocycles. The number of nitrogens with one attached hydrogen (secondary N) is 1. The molecule has 1 atom stereocenters. The van der Waals surface area contributed by atoms with Crippen LogP contribution in [-0.4, -0.2) is 17.5 Å². The van der Waals surface area contributed by atoms with E-state index in [1.807, 2.05) is 24.3 Å². The van der Waals surface area contributed by atoms with Crippen molar-refractivity contribution in [3.05, 3.63) is 83.8 Å². The van der Waals surface area contributed by atoms with Gasteiger partial charge in [-0.25, -0.2) is 9.37 Å². The molecule has 136 valence electrons. The molecule has 0 saturated carbocycles. The highest BCUT2D eigenvalue weighted by molar-refractivity contribution is 5.85. The minimum Gasteiger partial charge on any atom is -0.492 e. The second kappa shape index (κ2) is 7.45. The maximum absolute atomic E-state index is 13.0. The molecule has 5 nitrogen and oxygen atoms in total. The largest absolute Gasteiger partial charge is 0.492 e. The monoisotopic (exact) mass is 364 g/mol. The average Bonchev–Trinajstić information content (AvgIpc) is 3.13. The molecule has 0 saturated heterocycles. The van der Waals surface area contributed by atoms with Crippen molar-refractivity contribution in [2.75, 3.05) is 6.61 Å². The minimum atomic E-state index is -0.329. The van der Waals surface area contributed by atoms with Crippen LogP contribution in [0.15, 0.2) is 66.9 Å². The van der Waals surface area contributed by atoms with E-state index >= 15 is 0 Å². The van der Waals surface area contributed by atoms with Crippen molar-refractivity contribution in [1.29, 1.82) is 0 Å². The molecule has 6 heteroatoms. The Morgan fingerprint density at radius 1 is 1.19 bits per heavy atom. The Morgan fingerprint density at radius 3 is 2.85 bits per heavy atom. The van der Waals surface area contributed by atoms with Gasteiger partial charge in [-0.15, -0.1) is 0 Å². The standard InChI is InChI=1S/C21H17FN2O3/c22-15-5-7-16(8-6-15)27-20-11-14(9-10-23-20)12-24-21(25)18-13-26-19-4-2-1-3-17(18)19/h1-11,18H,12-13H2,(H,24,25). The summed E-state index contributed by atoms with van der Waals surface area (Å²) in [6, 6.07) is 16.8. The Balaban J connectivity index is 1.39. The van der Waals surface area contributed by atoms with Crippen molar-refractivity contribution in [3.8, 4) is 17.4 Å². The van der Waals surface area contributed by atoms with Gasteiger partial charge in [0, 0.05) is 24.4 Å². The zero-order valence-electron chi connectivity index (χ0n) is 14.4. The first kappa shape index (κ1) is 17.0. The first-order chi connectivity index (χ1) is 13.2. The van der Waals surface area contributed by atoms with Crippen LogP contribution in [0, 0.1) is 5.82 Å². The number of benzene rings is 2. The van der Waals surface area contributed by atoms with E-state index in [4.69, 9.17) is 9.47 Å². The van der Waals surface area contributed by atoms with E-state index in [1.54, 1.807) is 18.3 Å². The summed E-state index contributed by atoms with van der Waals surface area (Å²) in [5.74, 6) is 0.907. The lowest BCUT2D eigenvalue weighted by Crippen LogP contribution is -2.29. The summed E-state index contributed by atoms with van der Waals surface area (Å²) in [5, 5.41) is 2.93. The van der Waals surface area contributed by atoms with Gasteiger partial charge in [0.05, 0.1) is 0 Å². The molecule has 1 aromatic heterocycles. The lowest BCUT2D eigenvalue weighted by molar-refractivity contribution is -0.122. The van der Waals surface area contributed by atoms with Crippen LogP contribution in [0.2, 0.25) is 0 Å². The third kappa shape index (κ3) is 3.89. The van der Waals surface area contributed by atoms with Gasteiger partial charge >= 0.3 is 0 Å². The second-order valence-corrected chi connectivity index (χ2v) is 6.18. The quantitative estimate of drug-likeness (QED) is 0.748. The van der Waals surface area contributed by atoms with Crippen LogP contribution in [0.25, 0.3) is 0 Å². The van der Waals surface area contributed by atoms with Gasteiger partial charge in [-0.1, -0.05) is 18.2 Å². The summed E-state index contributed by atoms with van der Waals surface area (Å²) in [4.78, 5) is 16.7. The maximum atomic E-state index is 13.0. The molecule has 0 radical (unpaired) electrons. The second-order valence-electron chi connectivity index (χ2n) is 6.18. The number of rotatable bonds is 5. The van der Waals surface area contributed by atoms with Crippen LogP contribution in [0.4, 0.5) is 4.39 Å². The molecule has 2 aromatic carbocycles. The smallest absolute Gasteiger partial charge is 0.231 e. The van der Waals surface area contributed by atoms with E-state index in [0.717, 1.165) is 16.9 Å². The first-order valence-corrected chi connectivity index (χ1v) is 8.57. The molecule has 27 heavy (non-hydrogen) atoms. The number of nitrogens with zero attached hydrogens (tertiary/aromatic N) is 1. The number of halogens is 1. The van der Waals surface area contributed by atoms with Crippen molar-refractivity contribution in [1.82, 2.24) is 10.3 Å². The van der Waals surface area contributed by atoms with Crippen LogP contribution in [0.5, 0.6) is 17.4 Å². The molecular weight excluding hydrogens is 347 g/mol. The topological polar surface area (TPSA) is 60.5 Å². The van der Waals surface area contributed by atoms with E-state index in [-0.39, 0.29) is 17.6 Å². The van der Waals surface area contributed by atoms with E-state index in [2.05, 4.69) is 10.3 Å². The summed E-state index contributed by atoms with van der Waals surface area (Å²) >= 11 is 0. The Hall–Kier alpha value is -3.41. The third-order valence-corrected chi connectivity index (χ3v) is 4.32. The molecule has 0 aliphatic carbocycles. The van der Waals surface area contributed by atoms with Crippen LogP contribution >= 0.6 is 0 Å². The Morgan fingerprint density at radius 2 is 2.00 bits per heavy atom. The lowest BCUT2D eigenvalue weighted by atomic mass is 10.0. The van der Waals surface area contributed by atoms with Crippen molar-refractivity contribution >= 4 is 5.91 Å². The normalized spacial score (nSPS) is 14.9. The van der Waals surface area contributed by atoms with Crippen LogP contribution in [0.3, 0.4) is 0 Å². The third-order valence-electron chi connectivity index (χ3n) is 4.32. The molecule has 1 aliphatic rings. The van der Waals surface area contributed by atoms with Gasteiger partial charge in [-0.05, 0) is 42.0 Å². The van der Waals surface area contributed by atoms with Crippen LogP contribution in [0.1, 0.15) is 17.0 Å². The summed E-state index contributed by atoms with van der Waals surface area (Å²) in [6.45, 7) is 0.695. The highest BCUT2D eigenvalue weighted by Crippen LogP contribution is 2.33. The van der Waals surface area contributed by atoms with Crippen molar-refractivity contribution in [2.24, 2.45) is 0 Å². The fraction of sp³-hybridized carbons (Fsp3) is 0.143. The van der Waals surface area contributed by atoms with Gasteiger partial charge in [0.25, 0.3) is 0 Å². The number of carbonyl (C=O) groups is 1. The van der Waals surface area contributed by atoms with Gasteiger partial charge < -0.3 is 14.8 Å². The molecule has 0 fully saturated rings. The van der Waals surface area contributed by atoms with E-state index in [1.165, 1.54) is 24.3 Å². The number of aromatic nitrogens is 1. The van der Waals surface area contributed by atoms with E-state index in [9.17, 15) is 9.18 Å². The summed E-state index contributed by atoms with van der Waals surface area (Å²) < 4.78 is 24.1. The van der Waals surface area contributed by atoms with Crippen molar-refractivity contribution < 1.29 is 18.7 Å². The fourth-order valence-corrected chi connectivity index (χ4v) is 2.93. The van der Waals surface area contributed by atoms with Crippen molar-refractivity contribution in [2.45, 2.75) is 12.5 Å². The highest BCUT2D eigenvalue weighted by Gasteiger charge is 2.29. The van der Waals surface area contributed by atoms with Gasteiger partial charge in [0.1, 0.15) is 29.8 Å². The Bertz CT molecular complexity index is 960. The maximum Gasteiger partial charge on any atom is 0.231 e. The summed E-state index contributed by atoms with van der Waals surface area (Å²) in [7, 11) is 0. The number of ether oxygens (including phenoxy) is 2. The van der Waals surface area contributed by atoms with Gasteiger partial charge in [0.2, 0.25) is 11.8 Å². The summed E-state index contributed by atoms with van der Waals surface area (Å²) in [5.41, 5.74) is 1.76. The molecule has 0 bridgehead atoms. The summed E-state index contributed by atoms with van der Waals surface area (Å²) in [6.07, 6.45) is 1.61. The fourth-order valence-electron chi connectivity index (χ4n) is 2.93. The number of fused-ring (bicyclic) bond motifs is 1. The lowest BCUT2D eigenvalue weighted by Gasteiger charge is -2.11. The number of para-hydroxylation sites is 1. The number of hydrogen-bond donors (Lipinski definition) is 1. The molecule has 4 rings (SSSR count). The number of amides is 1.